The normalized spacial score (nSPS) is 14.1. The Hall–Kier alpha value is -1.94. The molecule has 0 aliphatic carbocycles. The highest BCUT2D eigenvalue weighted by Crippen LogP contribution is 2.38. The molecule has 0 heterocycles. The van der Waals surface area contributed by atoms with Crippen LogP contribution in [0.5, 0.6) is 5.75 Å². The van der Waals surface area contributed by atoms with Crippen molar-refractivity contribution < 1.29 is 41.9 Å². The molecule has 1 unspecified atom stereocenters. The number of aryl methyl sites for hydroxylation is 3. The second kappa shape index (κ2) is 12.2. The molecule has 0 bridgehead atoms. The van der Waals surface area contributed by atoms with Crippen LogP contribution in [0.1, 0.15) is 42.0 Å². The van der Waals surface area contributed by atoms with Crippen LogP contribution in [0.2, 0.25) is 0 Å². The number of aliphatic hydroxyl groups excluding tert-OH is 1. The van der Waals surface area contributed by atoms with Gasteiger partial charge in [0.2, 0.25) is 0 Å². The van der Waals surface area contributed by atoms with Crippen molar-refractivity contribution in [1.82, 2.24) is 0 Å². The monoisotopic (exact) mass is 505 g/mol. The first-order valence-corrected chi connectivity index (χ1v) is 12.4. The number of phosphoric acid groups is 1. The molecule has 0 fully saturated rings. The second-order valence-corrected chi connectivity index (χ2v) is 9.48. The van der Waals surface area contributed by atoms with E-state index in [-0.39, 0.29) is 30.8 Å². The maximum Gasteiger partial charge on any atom is 0.469 e. The summed E-state index contributed by atoms with van der Waals surface area (Å²) in [6.07, 6.45) is -2.52. The molecular formula is C23H31F3NO6P. The molecule has 190 valence electrons. The Kier molecular flexibility index (Phi) is 10.1. The molecular weight excluding hydrogens is 474 g/mol. The summed E-state index contributed by atoms with van der Waals surface area (Å²) < 4.78 is 61.6. The topological polar surface area (TPSA) is 122 Å². The van der Waals surface area contributed by atoms with E-state index in [1.165, 1.54) is 17.7 Å². The zero-order valence-corrected chi connectivity index (χ0v) is 19.8. The van der Waals surface area contributed by atoms with Gasteiger partial charge in [-0.25, -0.2) is 4.57 Å². The molecule has 0 aliphatic rings. The number of hydrogen-bond donors (Lipinski definition) is 4. The van der Waals surface area contributed by atoms with Crippen molar-refractivity contribution in [2.24, 2.45) is 5.73 Å². The van der Waals surface area contributed by atoms with Gasteiger partial charge in [-0.1, -0.05) is 37.3 Å². The predicted molar refractivity (Wildman–Crippen MR) is 121 cm³/mol. The second-order valence-electron chi connectivity index (χ2n) is 8.24. The standard InChI is InChI=1S/C23H31F3NO6P/c1-2-17-5-3-6-18(13-17)7-4-12-32-21-9-8-19(14-20(21)23(24,25)26)10-11-22(27,15-28)16-33-34(29,30)31/h3,5-6,8-9,13-14,28H,2,4,7,10-12,15-16,27H2,1H3,(H2,29,30,31). The van der Waals surface area contributed by atoms with Crippen LogP contribution in [0, 0.1) is 0 Å². The van der Waals surface area contributed by atoms with Crippen LogP contribution in [0.3, 0.4) is 0 Å². The molecule has 0 spiro atoms. The van der Waals surface area contributed by atoms with E-state index in [1.807, 2.05) is 18.2 Å². The smallest absolute Gasteiger partial charge is 0.469 e. The van der Waals surface area contributed by atoms with E-state index in [0.717, 1.165) is 18.1 Å². The summed E-state index contributed by atoms with van der Waals surface area (Å²) in [4.78, 5) is 17.6. The van der Waals surface area contributed by atoms with Crippen LogP contribution < -0.4 is 10.5 Å². The molecule has 7 nitrogen and oxygen atoms in total. The molecule has 34 heavy (non-hydrogen) atoms. The average Bonchev–Trinajstić information content (AvgIpc) is 2.78. The van der Waals surface area contributed by atoms with Gasteiger partial charge in [0.25, 0.3) is 0 Å². The van der Waals surface area contributed by atoms with Crippen LogP contribution in [0.15, 0.2) is 42.5 Å². The number of hydrogen-bond acceptors (Lipinski definition) is 5. The van der Waals surface area contributed by atoms with Crippen molar-refractivity contribution in [2.75, 3.05) is 19.8 Å². The van der Waals surface area contributed by atoms with Crippen LogP contribution in [0.4, 0.5) is 13.2 Å². The van der Waals surface area contributed by atoms with Gasteiger partial charge < -0.3 is 25.4 Å². The molecule has 2 aromatic rings. The summed E-state index contributed by atoms with van der Waals surface area (Å²) in [7, 11) is -4.80. The zero-order valence-electron chi connectivity index (χ0n) is 18.9. The summed E-state index contributed by atoms with van der Waals surface area (Å²) in [5, 5.41) is 9.46. The molecule has 0 amide bonds. The lowest BCUT2D eigenvalue weighted by molar-refractivity contribution is -0.139. The Morgan fingerprint density at radius 3 is 2.32 bits per heavy atom. The SMILES string of the molecule is CCc1cccc(CCCOc2ccc(CCC(N)(CO)COP(=O)(O)O)cc2C(F)(F)F)c1. The highest BCUT2D eigenvalue weighted by Gasteiger charge is 2.35. The van der Waals surface area contributed by atoms with Gasteiger partial charge in [-0.3, -0.25) is 4.52 Å². The Morgan fingerprint density at radius 2 is 1.71 bits per heavy atom. The molecule has 11 heteroatoms. The summed E-state index contributed by atoms with van der Waals surface area (Å²) >= 11 is 0. The number of ether oxygens (including phenoxy) is 1. The van der Waals surface area contributed by atoms with Crippen LogP contribution in [0.25, 0.3) is 0 Å². The van der Waals surface area contributed by atoms with Gasteiger partial charge in [0.15, 0.2) is 0 Å². The van der Waals surface area contributed by atoms with Crippen LogP contribution in [-0.4, -0.2) is 40.3 Å². The molecule has 2 aromatic carbocycles. The Balaban J connectivity index is 2.01. The van der Waals surface area contributed by atoms with E-state index >= 15 is 0 Å². The van der Waals surface area contributed by atoms with E-state index in [1.54, 1.807) is 0 Å². The largest absolute Gasteiger partial charge is 0.493 e. The number of rotatable bonds is 13. The van der Waals surface area contributed by atoms with Crippen LogP contribution >= 0.6 is 7.82 Å². The van der Waals surface area contributed by atoms with Crippen molar-refractivity contribution in [2.45, 2.75) is 50.7 Å². The lowest BCUT2D eigenvalue weighted by atomic mass is 9.93. The summed E-state index contributed by atoms with van der Waals surface area (Å²) in [6, 6.07) is 11.7. The van der Waals surface area contributed by atoms with Gasteiger partial charge in [-0.05, 0) is 60.9 Å². The quantitative estimate of drug-likeness (QED) is 0.240. The molecule has 0 aliphatic heterocycles. The summed E-state index contributed by atoms with van der Waals surface area (Å²) in [5.74, 6) is -0.274. The minimum atomic E-state index is -4.80. The van der Waals surface area contributed by atoms with Gasteiger partial charge in [0.05, 0.1) is 30.9 Å². The van der Waals surface area contributed by atoms with E-state index in [2.05, 4.69) is 17.5 Å². The first-order valence-electron chi connectivity index (χ1n) is 10.9. The molecule has 0 aromatic heterocycles. The van der Waals surface area contributed by atoms with Gasteiger partial charge in [0.1, 0.15) is 5.75 Å². The molecule has 0 saturated heterocycles. The molecule has 2 rings (SSSR count). The zero-order chi connectivity index (χ0) is 25.4. The number of aliphatic hydroxyl groups is 1. The molecule has 0 radical (unpaired) electrons. The lowest BCUT2D eigenvalue weighted by Gasteiger charge is -2.27. The van der Waals surface area contributed by atoms with E-state index < -0.39 is 38.3 Å². The minimum absolute atomic E-state index is 0.0265. The van der Waals surface area contributed by atoms with E-state index in [4.69, 9.17) is 20.3 Å². The third-order valence-corrected chi connectivity index (χ3v) is 5.83. The van der Waals surface area contributed by atoms with Crippen molar-refractivity contribution in [3.8, 4) is 5.75 Å². The van der Waals surface area contributed by atoms with Crippen molar-refractivity contribution in [1.29, 1.82) is 0 Å². The molecule has 1 atom stereocenters. The van der Waals surface area contributed by atoms with Crippen LogP contribution in [-0.2, 0) is 34.5 Å². The highest BCUT2D eigenvalue weighted by atomic mass is 31.2. The average molecular weight is 505 g/mol. The minimum Gasteiger partial charge on any atom is -0.493 e. The summed E-state index contributed by atoms with van der Waals surface area (Å²) in [6.45, 7) is 0.858. The van der Waals surface area contributed by atoms with Gasteiger partial charge in [0, 0.05) is 0 Å². The first kappa shape index (κ1) is 28.3. The lowest BCUT2D eigenvalue weighted by Crippen LogP contribution is -2.48. The number of alkyl halides is 3. The fourth-order valence-electron chi connectivity index (χ4n) is 3.35. The highest BCUT2D eigenvalue weighted by molar-refractivity contribution is 7.46. The van der Waals surface area contributed by atoms with Crippen molar-refractivity contribution in [3.63, 3.8) is 0 Å². The van der Waals surface area contributed by atoms with Crippen molar-refractivity contribution >= 4 is 7.82 Å². The van der Waals surface area contributed by atoms with Gasteiger partial charge in [-0.2, -0.15) is 13.2 Å². The maximum atomic E-state index is 13.6. The van der Waals surface area contributed by atoms with Gasteiger partial charge >= 0.3 is 14.0 Å². The van der Waals surface area contributed by atoms with E-state index in [9.17, 15) is 22.8 Å². The van der Waals surface area contributed by atoms with E-state index in [0.29, 0.717) is 12.8 Å². The Morgan fingerprint density at radius 1 is 1.03 bits per heavy atom. The number of halogens is 3. The third-order valence-electron chi connectivity index (χ3n) is 5.36. The molecule has 0 saturated carbocycles. The molecule has 5 N–H and O–H groups in total. The fraction of sp³-hybridized carbons (Fsp3) is 0.478. The fourth-order valence-corrected chi connectivity index (χ4v) is 3.77. The third kappa shape index (κ3) is 9.37. The number of nitrogens with two attached hydrogens (primary N) is 1. The maximum absolute atomic E-state index is 13.6. The first-order chi connectivity index (χ1) is 15.8. The van der Waals surface area contributed by atoms with Crippen molar-refractivity contribution in [3.05, 3.63) is 64.7 Å². The Bertz CT molecular complexity index is 981. The Labute approximate surface area is 196 Å². The number of phosphoric ester groups is 1. The van der Waals surface area contributed by atoms with Gasteiger partial charge in [-0.15, -0.1) is 0 Å². The number of benzene rings is 2. The summed E-state index contributed by atoms with van der Waals surface area (Å²) in [5.41, 5.74) is 6.03. The predicted octanol–water partition coefficient (Wildman–Crippen LogP) is 4.01.